The van der Waals surface area contributed by atoms with E-state index in [1.807, 2.05) is 0 Å². The summed E-state index contributed by atoms with van der Waals surface area (Å²) in [5.74, 6) is -4.36. The summed E-state index contributed by atoms with van der Waals surface area (Å²) in [7, 11) is 0. The highest BCUT2D eigenvalue weighted by atomic mass is 19.2. The number of aromatic nitrogens is 2. The normalized spacial score (nSPS) is 10.8. The van der Waals surface area contributed by atoms with Gasteiger partial charge in [0.2, 0.25) is 5.82 Å². The van der Waals surface area contributed by atoms with Crippen LogP contribution >= 0.6 is 0 Å². The molecule has 0 radical (unpaired) electrons. The van der Waals surface area contributed by atoms with Crippen molar-refractivity contribution in [2.24, 2.45) is 0 Å². The molecule has 0 bridgehead atoms. The van der Waals surface area contributed by atoms with Crippen molar-refractivity contribution in [3.8, 4) is 28.6 Å². The summed E-state index contributed by atoms with van der Waals surface area (Å²) in [6.45, 7) is 0. The predicted octanol–water partition coefficient (Wildman–Crippen LogP) is 3.53. The van der Waals surface area contributed by atoms with E-state index in [1.54, 1.807) is 0 Å². The second kappa shape index (κ2) is 4.93. The molecule has 0 aliphatic rings. The first-order chi connectivity index (χ1) is 10.1. The Labute approximate surface area is 116 Å². The van der Waals surface area contributed by atoms with Gasteiger partial charge in [-0.25, -0.2) is 13.2 Å². The summed E-state index contributed by atoms with van der Waals surface area (Å²) in [4.78, 5) is 3.92. The van der Waals surface area contributed by atoms with Gasteiger partial charge in [-0.2, -0.15) is 4.98 Å². The molecule has 1 heterocycles. The average molecular weight is 292 g/mol. The van der Waals surface area contributed by atoms with E-state index in [4.69, 9.17) is 4.52 Å². The molecule has 0 aliphatic carbocycles. The molecule has 1 aromatic heterocycles. The lowest BCUT2D eigenvalue weighted by Crippen LogP contribution is -1.94. The van der Waals surface area contributed by atoms with E-state index in [-0.39, 0.29) is 23.0 Å². The molecule has 3 rings (SSSR count). The minimum Gasteiger partial charge on any atom is -0.508 e. The molecule has 0 saturated heterocycles. The molecule has 0 unspecified atom stereocenters. The Morgan fingerprint density at radius 1 is 0.905 bits per heavy atom. The van der Waals surface area contributed by atoms with Crippen molar-refractivity contribution in [3.63, 3.8) is 0 Å². The van der Waals surface area contributed by atoms with Crippen molar-refractivity contribution in [2.75, 3.05) is 0 Å². The fourth-order valence-corrected chi connectivity index (χ4v) is 1.75. The van der Waals surface area contributed by atoms with Gasteiger partial charge < -0.3 is 9.63 Å². The molecular formula is C14H7F3N2O2. The van der Waals surface area contributed by atoms with Crippen molar-refractivity contribution < 1.29 is 22.8 Å². The fraction of sp³-hybridized carbons (Fsp3) is 0. The summed E-state index contributed by atoms with van der Waals surface area (Å²) in [6.07, 6.45) is 0. The quantitative estimate of drug-likeness (QED) is 0.734. The van der Waals surface area contributed by atoms with Crippen LogP contribution in [0.4, 0.5) is 13.2 Å². The van der Waals surface area contributed by atoms with Gasteiger partial charge in [-0.15, -0.1) is 0 Å². The zero-order valence-electron chi connectivity index (χ0n) is 10.3. The molecular weight excluding hydrogens is 285 g/mol. The van der Waals surface area contributed by atoms with Gasteiger partial charge in [0.15, 0.2) is 17.5 Å². The number of aromatic hydroxyl groups is 1. The Morgan fingerprint density at radius 2 is 1.62 bits per heavy atom. The van der Waals surface area contributed by atoms with E-state index in [0.29, 0.717) is 5.56 Å². The molecule has 1 N–H and O–H groups in total. The third kappa shape index (κ3) is 2.33. The zero-order valence-corrected chi connectivity index (χ0v) is 10.3. The smallest absolute Gasteiger partial charge is 0.261 e. The Morgan fingerprint density at radius 3 is 2.33 bits per heavy atom. The molecule has 0 atom stereocenters. The van der Waals surface area contributed by atoms with Crippen LogP contribution < -0.4 is 0 Å². The third-order valence-corrected chi connectivity index (χ3v) is 2.82. The first kappa shape index (κ1) is 13.2. The molecule has 3 aromatic rings. The predicted molar refractivity (Wildman–Crippen MR) is 66.7 cm³/mol. The Kier molecular flexibility index (Phi) is 3.09. The van der Waals surface area contributed by atoms with Gasteiger partial charge in [0.05, 0.1) is 5.56 Å². The van der Waals surface area contributed by atoms with Crippen LogP contribution in [0.3, 0.4) is 0 Å². The van der Waals surface area contributed by atoms with Crippen molar-refractivity contribution in [3.05, 3.63) is 53.8 Å². The summed E-state index contributed by atoms with van der Waals surface area (Å²) < 4.78 is 44.6. The third-order valence-electron chi connectivity index (χ3n) is 2.82. The first-order valence-electron chi connectivity index (χ1n) is 5.83. The number of halogens is 3. The second-order valence-electron chi connectivity index (χ2n) is 4.19. The molecule has 0 fully saturated rings. The van der Waals surface area contributed by atoms with Crippen LogP contribution in [0.15, 0.2) is 40.9 Å². The van der Waals surface area contributed by atoms with Gasteiger partial charge in [-0.05, 0) is 36.4 Å². The van der Waals surface area contributed by atoms with E-state index in [0.717, 1.165) is 12.1 Å². The highest BCUT2D eigenvalue weighted by Gasteiger charge is 2.19. The van der Waals surface area contributed by atoms with Gasteiger partial charge in [-0.3, -0.25) is 0 Å². The molecule has 0 aliphatic heterocycles. The average Bonchev–Trinajstić information content (AvgIpc) is 2.95. The van der Waals surface area contributed by atoms with Gasteiger partial charge in [0, 0.05) is 5.56 Å². The number of hydrogen-bond acceptors (Lipinski definition) is 4. The summed E-state index contributed by atoms with van der Waals surface area (Å²) in [5, 5.41) is 12.8. The Bertz CT molecular complexity index is 800. The van der Waals surface area contributed by atoms with Gasteiger partial charge in [-0.1, -0.05) is 5.16 Å². The largest absolute Gasteiger partial charge is 0.508 e. The minimum absolute atomic E-state index is 0.0640. The van der Waals surface area contributed by atoms with Crippen LogP contribution in [0.1, 0.15) is 0 Å². The van der Waals surface area contributed by atoms with Crippen molar-refractivity contribution >= 4 is 0 Å². The second-order valence-corrected chi connectivity index (χ2v) is 4.19. The maximum atomic E-state index is 13.6. The van der Waals surface area contributed by atoms with Gasteiger partial charge in [0.1, 0.15) is 5.75 Å². The van der Waals surface area contributed by atoms with Crippen LogP contribution in [-0.4, -0.2) is 15.2 Å². The number of nitrogens with zero attached hydrogens (tertiary/aromatic N) is 2. The molecule has 4 nitrogen and oxygen atoms in total. The molecule has 7 heteroatoms. The van der Waals surface area contributed by atoms with Crippen LogP contribution in [0.2, 0.25) is 0 Å². The molecule has 0 spiro atoms. The summed E-state index contributed by atoms with van der Waals surface area (Å²) >= 11 is 0. The topological polar surface area (TPSA) is 59.2 Å². The Balaban J connectivity index is 2.03. The van der Waals surface area contributed by atoms with Crippen molar-refractivity contribution in [1.29, 1.82) is 0 Å². The maximum Gasteiger partial charge on any atom is 0.261 e. The van der Waals surface area contributed by atoms with Crippen LogP contribution in [0, 0.1) is 17.5 Å². The number of rotatable bonds is 2. The van der Waals surface area contributed by atoms with Crippen LogP contribution in [0.5, 0.6) is 5.75 Å². The summed E-state index contributed by atoms with van der Waals surface area (Å²) in [6, 6.07) is 7.70. The van der Waals surface area contributed by atoms with E-state index < -0.39 is 17.5 Å². The number of phenols is 1. The van der Waals surface area contributed by atoms with Crippen LogP contribution in [0.25, 0.3) is 22.8 Å². The monoisotopic (exact) mass is 292 g/mol. The molecule has 21 heavy (non-hydrogen) atoms. The number of hydrogen-bond donors (Lipinski definition) is 1. The lowest BCUT2D eigenvalue weighted by Gasteiger charge is -1.99. The molecule has 0 amide bonds. The van der Waals surface area contributed by atoms with Gasteiger partial charge in [0.25, 0.3) is 5.89 Å². The molecule has 2 aromatic carbocycles. The molecule has 106 valence electrons. The minimum atomic E-state index is -1.60. The van der Waals surface area contributed by atoms with E-state index in [1.165, 1.54) is 24.3 Å². The molecule has 0 saturated carbocycles. The van der Waals surface area contributed by atoms with Gasteiger partial charge >= 0.3 is 0 Å². The lowest BCUT2D eigenvalue weighted by molar-refractivity contribution is 0.420. The van der Waals surface area contributed by atoms with E-state index >= 15 is 0 Å². The van der Waals surface area contributed by atoms with E-state index in [9.17, 15) is 18.3 Å². The lowest BCUT2D eigenvalue weighted by atomic mass is 10.2. The maximum absolute atomic E-state index is 13.6. The van der Waals surface area contributed by atoms with E-state index in [2.05, 4.69) is 10.1 Å². The fourth-order valence-electron chi connectivity index (χ4n) is 1.75. The van der Waals surface area contributed by atoms with Crippen LogP contribution in [-0.2, 0) is 0 Å². The van der Waals surface area contributed by atoms with Crippen molar-refractivity contribution in [1.82, 2.24) is 10.1 Å². The summed E-state index contributed by atoms with van der Waals surface area (Å²) in [5.41, 5.74) is 0.192. The highest BCUT2D eigenvalue weighted by Crippen LogP contribution is 2.27. The number of phenolic OH excluding ortho intramolecular Hbond substituents is 1. The SMILES string of the molecule is Oc1ccc(-c2noc(-c3ccc(F)c(F)c3F)n2)cc1. The van der Waals surface area contributed by atoms with Crippen molar-refractivity contribution in [2.45, 2.75) is 0 Å². The zero-order chi connectivity index (χ0) is 15.0. The highest BCUT2D eigenvalue weighted by molar-refractivity contribution is 5.60. The first-order valence-corrected chi connectivity index (χ1v) is 5.83. The number of benzene rings is 2. The standard InChI is InChI=1S/C14H7F3N2O2/c15-10-6-5-9(11(16)12(10)17)14-18-13(19-21-14)7-1-3-8(20)4-2-7/h1-6,20H. The Hall–Kier alpha value is -2.83.